The number of hydrogen-bond donors (Lipinski definition) is 2. The molecule has 0 radical (unpaired) electrons. The van der Waals surface area contributed by atoms with E-state index >= 15 is 0 Å². The van der Waals surface area contributed by atoms with Crippen LogP contribution in [0, 0.1) is 0 Å². The van der Waals surface area contributed by atoms with E-state index in [0.29, 0.717) is 6.42 Å². The van der Waals surface area contributed by atoms with Gasteiger partial charge < -0.3 is 11.1 Å². The van der Waals surface area contributed by atoms with Gasteiger partial charge in [-0.2, -0.15) is 0 Å². The van der Waals surface area contributed by atoms with Gasteiger partial charge in [0.25, 0.3) is 0 Å². The topological polar surface area (TPSA) is 72.2 Å². The summed E-state index contributed by atoms with van der Waals surface area (Å²) in [6.45, 7) is 11.6. The zero-order valence-corrected chi connectivity index (χ0v) is 33.5. The standard InChI is InChI=1S/C24H49NO.C18H33NO.C2H6/c1-3-5-7-9-10-11-12-13-14-15-16-17-18-19-20-22-24(26)25-23-21-8-6-4-2;1-2-3-4-5-6-7-8-9-10-11-12-13-14-15-16-17-18(19)20;1-2/h3-23H2,1-2H3,(H,25,26);6-7,9-10H,2-5,8,11-17H2,1H3,(H2,19,20);1-2H3/b;7-6-,10-9-;. The first-order chi connectivity index (χ1) is 23.6. The maximum Gasteiger partial charge on any atom is 0.219 e. The molecule has 0 aromatic heterocycles. The zero-order chi connectivity index (χ0) is 36.0. The third-order valence-corrected chi connectivity index (χ3v) is 8.73. The van der Waals surface area contributed by atoms with Crippen LogP contribution in [0.4, 0.5) is 0 Å². The first kappa shape index (κ1) is 50.8. The number of primary amides is 1. The first-order valence-corrected chi connectivity index (χ1v) is 21.4. The summed E-state index contributed by atoms with van der Waals surface area (Å²) in [5.74, 6) is 0.0897. The van der Waals surface area contributed by atoms with Gasteiger partial charge in [-0.1, -0.05) is 200 Å². The van der Waals surface area contributed by atoms with E-state index in [2.05, 4.69) is 50.4 Å². The van der Waals surface area contributed by atoms with Gasteiger partial charge in [-0.05, 0) is 51.4 Å². The zero-order valence-electron chi connectivity index (χ0n) is 33.5. The van der Waals surface area contributed by atoms with Crippen molar-refractivity contribution < 1.29 is 9.59 Å². The highest BCUT2D eigenvalue weighted by Crippen LogP contribution is 2.14. The van der Waals surface area contributed by atoms with E-state index in [4.69, 9.17) is 5.73 Å². The summed E-state index contributed by atoms with van der Waals surface area (Å²) in [5.41, 5.74) is 5.09. The third kappa shape index (κ3) is 53.9. The number of carbonyl (C=O) groups is 2. The summed E-state index contributed by atoms with van der Waals surface area (Å²) in [4.78, 5) is 22.2. The number of nitrogens with two attached hydrogens (primary N) is 1. The molecule has 0 saturated carbocycles. The van der Waals surface area contributed by atoms with Gasteiger partial charge in [-0.25, -0.2) is 0 Å². The Morgan fingerprint density at radius 2 is 0.771 bits per heavy atom. The minimum Gasteiger partial charge on any atom is -0.370 e. The van der Waals surface area contributed by atoms with Gasteiger partial charge in [0.1, 0.15) is 0 Å². The van der Waals surface area contributed by atoms with Gasteiger partial charge in [0.05, 0.1) is 0 Å². The second-order valence-corrected chi connectivity index (χ2v) is 13.6. The molecule has 0 spiro atoms. The highest BCUT2D eigenvalue weighted by molar-refractivity contribution is 5.75. The van der Waals surface area contributed by atoms with Crippen LogP contribution in [0.25, 0.3) is 0 Å². The fraction of sp³-hybridized carbons (Fsp3) is 0.864. The summed E-state index contributed by atoms with van der Waals surface area (Å²) in [7, 11) is 0. The molecule has 0 saturated heterocycles. The summed E-state index contributed by atoms with van der Waals surface area (Å²) in [5, 5.41) is 3.05. The molecule has 286 valence electrons. The molecule has 3 N–H and O–H groups in total. The molecule has 48 heavy (non-hydrogen) atoms. The number of unbranched alkanes of at least 4 members (excludes halogenated alkanes) is 25. The molecule has 0 atom stereocenters. The smallest absolute Gasteiger partial charge is 0.219 e. The second-order valence-electron chi connectivity index (χ2n) is 13.6. The van der Waals surface area contributed by atoms with Crippen molar-refractivity contribution in [2.75, 3.05) is 6.54 Å². The van der Waals surface area contributed by atoms with Crippen molar-refractivity contribution >= 4 is 11.8 Å². The molecule has 4 nitrogen and oxygen atoms in total. The lowest BCUT2D eigenvalue weighted by Crippen LogP contribution is -2.23. The van der Waals surface area contributed by atoms with Crippen molar-refractivity contribution in [2.45, 2.75) is 240 Å². The van der Waals surface area contributed by atoms with Crippen LogP contribution in [-0.4, -0.2) is 18.4 Å². The van der Waals surface area contributed by atoms with Crippen molar-refractivity contribution in [3.8, 4) is 0 Å². The van der Waals surface area contributed by atoms with Crippen molar-refractivity contribution in [3.05, 3.63) is 24.3 Å². The Bertz CT molecular complexity index is 658. The van der Waals surface area contributed by atoms with Crippen LogP contribution in [0.3, 0.4) is 0 Å². The van der Waals surface area contributed by atoms with E-state index in [0.717, 1.165) is 45.1 Å². The van der Waals surface area contributed by atoms with Crippen molar-refractivity contribution in [1.29, 1.82) is 0 Å². The van der Waals surface area contributed by atoms with E-state index in [1.807, 2.05) is 13.8 Å². The number of allylic oxidation sites excluding steroid dienone is 4. The minimum absolute atomic E-state index is 0.171. The molecular weight excluding hydrogens is 588 g/mol. The van der Waals surface area contributed by atoms with Crippen LogP contribution in [0.5, 0.6) is 0 Å². The molecule has 0 rings (SSSR count). The molecular formula is C44H88N2O2. The molecule has 0 unspecified atom stereocenters. The molecule has 0 fully saturated rings. The van der Waals surface area contributed by atoms with Crippen molar-refractivity contribution in [1.82, 2.24) is 5.32 Å². The Kier molecular flexibility index (Phi) is 52.7. The first-order valence-electron chi connectivity index (χ1n) is 21.4. The molecule has 2 amide bonds. The van der Waals surface area contributed by atoms with Crippen molar-refractivity contribution in [3.63, 3.8) is 0 Å². The summed E-state index contributed by atoms with van der Waals surface area (Å²) in [6.07, 6.45) is 49.2. The van der Waals surface area contributed by atoms with Crippen LogP contribution in [0.2, 0.25) is 0 Å². The molecule has 0 aliphatic rings. The summed E-state index contributed by atoms with van der Waals surface area (Å²) < 4.78 is 0. The summed E-state index contributed by atoms with van der Waals surface area (Å²) >= 11 is 0. The Balaban J connectivity index is -0.000000827. The van der Waals surface area contributed by atoms with Crippen LogP contribution < -0.4 is 11.1 Å². The number of rotatable bonds is 35. The van der Waals surface area contributed by atoms with E-state index in [9.17, 15) is 9.59 Å². The average molecular weight is 677 g/mol. The van der Waals surface area contributed by atoms with Gasteiger partial charge >= 0.3 is 0 Å². The van der Waals surface area contributed by atoms with E-state index in [1.165, 1.54) is 161 Å². The van der Waals surface area contributed by atoms with Crippen molar-refractivity contribution in [2.24, 2.45) is 5.73 Å². The molecule has 0 bridgehead atoms. The van der Waals surface area contributed by atoms with Crippen LogP contribution >= 0.6 is 0 Å². The lowest BCUT2D eigenvalue weighted by Gasteiger charge is -2.05. The Hall–Kier alpha value is -1.58. The predicted octanol–water partition coefficient (Wildman–Crippen LogP) is 14.3. The Morgan fingerprint density at radius 3 is 1.21 bits per heavy atom. The number of carbonyl (C=O) groups excluding carboxylic acids is 2. The Labute approximate surface area is 302 Å². The maximum atomic E-state index is 11.7. The number of hydrogen-bond acceptors (Lipinski definition) is 2. The molecule has 0 aliphatic carbocycles. The predicted molar refractivity (Wildman–Crippen MR) is 217 cm³/mol. The van der Waals surface area contributed by atoms with Crippen LogP contribution in [0.15, 0.2) is 24.3 Å². The van der Waals surface area contributed by atoms with E-state index in [-0.39, 0.29) is 11.8 Å². The molecule has 0 aromatic rings. The fourth-order valence-corrected chi connectivity index (χ4v) is 5.64. The molecule has 0 aromatic carbocycles. The normalized spacial score (nSPS) is 10.9. The lowest BCUT2D eigenvalue weighted by molar-refractivity contribution is -0.121. The highest BCUT2D eigenvalue weighted by atomic mass is 16.1. The third-order valence-electron chi connectivity index (χ3n) is 8.73. The highest BCUT2D eigenvalue weighted by Gasteiger charge is 2.00. The molecule has 4 heteroatoms. The van der Waals surface area contributed by atoms with Gasteiger partial charge in [0, 0.05) is 19.4 Å². The monoisotopic (exact) mass is 677 g/mol. The fourth-order valence-electron chi connectivity index (χ4n) is 5.64. The van der Waals surface area contributed by atoms with Crippen LogP contribution in [0.1, 0.15) is 240 Å². The SMILES string of the molecule is CC.CCCCC/C=C\C/C=C\CCCCCCCC(N)=O.CCCCCCCCCCCCCCCCCC(=O)NCCCCCC. The van der Waals surface area contributed by atoms with Gasteiger partial charge in [-0.15, -0.1) is 0 Å². The number of nitrogens with one attached hydrogen (secondary N) is 1. The number of amides is 2. The second kappa shape index (κ2) is 49.8. The quantitative estimate of drug-likeness (QED) is 0.0518. The molecule has 0 aliphatic heterocycles. The van der Waals surface area contributed by atoms with Gasteiger partial charge in [0.2, 0.25) is 11.8 Å². The largest absolute Gasteiger partial charge is 0.370 e. The lowest BCUT2D eigenvalue weighted by atomic mass is 10.0. The Morgan fingerprint density at radius 1 is 0.438 bits per heavy atom. The molecule has 0 heterocycles. The summed E-state index contributed by atoms with van der Waals surface area (Å²) in [6, 6.07) is 0. The average Bonchev–Trinajstić information content (AvgIpc) is 3.09. The van der Waals surface area contributed by atoms with Gasteiger partial charge in [0.15, 0.2) is 0 Å². The van der Waals surface area contributed by atoms with Gasteiger partial charge in [-0.3, -0.25) is 9.59 Å². The van der Waals surface area contributed by atoms with E-state index in [1.54, 1.807) is 0 Å². The van der Waals surface area contributed by atoms with Crippen LogP contribution in [-0.2, 0) is 9.59 Å². The maximum absolute atomic E-state index is 11.7. The van der Waals surface area contributed by atoms with E-state index < -0.39 is 0 Å². The minimum atomic E-state index is -0.171.